The van der Waals surface area contributed by atoms with Gasteiger partial charge in [0.2, 0.25) is 5.91 Å². The molecule has 212 valence electrons. The van der Waals surface area contributed by atoms with Crippen LogP contribution in [-0.4, -0.2) is 41.7 Å². The normalized spacial score (nSPS) is 14.2. The standard InChI is InChI=1S/C31H29ClN8O2/c32-24-12-16-27(40-20-34-37-38-40)23(17-24)18-33-28(41)19-39-30(22-9-5-2-6-10-22)36-26-15-14-25(35-29(26)31(39)42)13-11-21-7-3-1-4-8-21/h1-10,12,16-17,20,25,35H,11,13-15,18-19H2,(H,33,41)/t25-/m1/s1. The highest BCUT2D eigenvalue weighted by Gasteiger charge is 2.25. The van der Waals surface area contributed by atoms with E-state index in [9.17, 15) is 9.59 Å². The van der Waals surface area contributed by atoms with Crippen LogP contribution in [0.25, 0.3) is 17.1 Å². The van der Waals surface area contributed by atoms with E-state index in [0.29, 0.717) is 28.6 Å². The minimum atomic E-state index is -0.338. The van der Waals surface area contributed by atoms with Gasteiger partial charge in [0.1, 0.15) is 24.4 Å². The maximum Gasteiger partial charge on any atom is 0.277 e. The predicted octanol–water partition coefficient (Wildman–Crippen LogP) is 4.22. The van der Waals surface area contributed by atoms with Gasteiger partial charge in [0.05, 0.1) is 11.4 Å². The summed E-state index contributed by atoms with van der Waals surface area (Å²) in [4.78, 5) is 32.1. The number of carbonyl (C=O) groups excluding carboxylic acids is 1. The fourth-order valence-electron chi connectivity index (χ4n) is 5.25. The monoisotopic (exact) mass is 580 g/mol. The van der Waals surface area contributed by atoms with Gasteiger partial charge in [-0.2, -0.15) is 0 Å². The average molecular weight is 581 g/mol. The Balaban J connectivity index is 1.24. The Labute approximate surface area is 247 Å². The van der Waals surface area contributed by atoms with Crippen molar-refractivity contribution in [2.45, 2.75) is 44.8 Å². The molecule has 1 aliphatic rings. The Morgan fingerprint density at radius 3 is 2.60 bits per heavy atom. The molecule has 2 N–H and O–H groups in total. The predicted molar refractivity (Wildman–Crippen MR) is 160 cm³/mol. The molecule has 3 heterocycles. The molecule has 0 unspecified atom stereocenters. The highest BCUT2D eigenvalue weighted by Crippen LogP contribution is 2.26. The number of rotatable bonds is 9. The summed E-state index contributed by atoms with van der Waals surface area (Å²) in [6, 6.07) is 25.2. The van der Waals surface area contributed by atoms with Gasteiger partial charge < -0.3 is 10.6 Å². The zero-order valence-corrected chi connectivity index (χ0v) is 23.5. The summed E-state index contributed by atoms with van der Waals surface area (Å²) in [6.07, 6.45) is 4.86. The zero-order chi connectivity index (χ0) is 28.9. The molecule has 0 saturated heterocycles. The van der Waals surface area contributed by atoms with Crippen LogP contribution in [0.2, 0.25) is 5.02 Å². The molecule has 6 rings (SSSR count). The number of fused-ring (bicyclic) bond motifs is 1. The first-order chi connectivity index (χ1) is 20.5. The van der Waals surface area contributed by atoms with Crippen LogP contribution in [0.15, 0.2) is 90.0 Å². The van der Waals surface area contributed by atoms with Crippen molar-refractivity contribution in [1.29, 1.82) is 0 Å². The Morgan fingerprint density at radius 1 is 1.05 bits per heavy atom. The van der Waals surface area contributed by atoms with E-state index in [0.717, 1.165) is 36.1 Å². The first kappa shape index (κ1) is 27.3. The van der Waals surface area contributed by atoms with Gasteiger partial charge in [0.15, 0.2) is 0 Å². The first-order valence-electron chi connectivity index (χ1n) is 13.8. The molecule has 5 aromatic rings. The molecule has 0 fully saturated rings. The van der Waals surface area contributed by atoms with Crippen LogP contribution in [0.1, 0.15) is 29.7 Å². The summed E-state index contributed by atoms with van der Waals surface area (Å²) >= 11 is 6.23. The fraction of sp³-hybridized carbons (Fsp3) is 0.226. The number of anilines is 1. The molecule has 0 radical (unpaired) electrons. The number of nitrogens with zero attached hydrogens (tertiary/aromatic N) is 6. The largest absolute Gasteiger partial charge is 0.376 e. The maximum atomic E-state index is 13.9. The van der Waals surface area contributed by atoms with Crippen LogP contribution >= 0.6 is 11.6 Å². The Hall–Kier alpha value is -4.83. The third kappa shape index (κ3) is 6.08. The second-order valence-corrected chi connectivity index (χ2v) is 10.7. The van der Waals surface area contributed by atoms with Crippen LogP contribution in [0, 0.1) is 0 Å². The topological polar surface area (TPSA) is 120 Å². The molecular formula is C31H29ClN8O2. The van der Waals surface area contributed by atoms with Crippen molar-refractivity contribution in [3.8, 4) is 17.1 Å². The molecule has 1 aliphatic heterocycles. The van der Waals surface area contributed by atoms with Crippen LogP contribution in [0.3, 0.4) is 0 Å². The van der Waals surface area contributed by atoms with Gasteiger partial charge in [-0.3, -0.25) is 14.2 Å². The number of tetrazole rings is 1. The van der Waals surface area contributed by atoms with Gasteiger partial charge in [-0.1, -0.05) is 72.3 Å². The van der Waals surface area contributed by atoms with Crippen molar-refractivity contribution >= 4 is 23.2 Å². The van der Waals surface area contributed by atoms with Gasteiger partial charge in [-0.25, -0.2) is 9.67 Å². The summed E-state index contributed by atoms with van der Waals surface area (Å²) in [7, 11) is 0. The number of benzene rings is 3. The maximum absolute atomic E-state index is 13.9. The number of aromatic nitrogens is 6. The lowest BCUT2D eigenvalue weighted by molar-refractivity contribution is -0.121. The summed E-state index contributed by atoms with van der Waals surface area (Å²) in [6.45, 7) is -0.0251. The van der Waals surface area contributed by atoms with Crippen molar-refractivity contribution in [2.75, 3.05) is 5.32 Å². The average Bonchev–Trinajstić information content (AvgIpc) is 3.56. The fourth-order valence-corrected chi connectivity index (χ4v) is 5.45. The zero-order valence-electron chi connectivity index (χ0n) is 22.8. The molecule has 1 amide bonds. The summed E-state index contributed by atoms with van der Waals surface area (Å²) in [5.41, 5.74) is 4.40. The van der Waals surface area contributed by atoms with E-state index in [1.54, 1.807) is 18.2 Å². The summed E-state index contributed by atoms with van der Waals surface area (Å²) in [5.74, 6) is 0.131. The van der Waals surface area contributed by atoms with E-state index in [1.807, 2.05) is 48.5 Å². The molecule has 2 aromatic heterocycles. The van der Waals surface area contributed by atoms with E-state index in [4.69, 9.17) is 16.6 Å². The number of carbonyl (C=O) groups is 1. The van der Waals surface area contributed by atoms with Crippen LogP contribution in [-0.2, 0) is 30.7 Å². The molecule has 0 spiro atoms. The molecule has 42 heavy (non-hydrogen) atoms. The van der Waals surface area contributed by atoms with E-state index in [2.05, 4.69) is 38.3 Å². The van der Waals surface area contributed by atoms with Crippen molar-refractivity contribution in [3.05, 3.63) is 117 Å². The van der Waals surface area contributed by atoms with Gasteiger partial charge in [0, 0.05) is 23.2 Å². The van der Waals surface area contributed by atoms with Crippen molar-refractivity contribution in [1.82, 2.24) is 35.1 Å². The first-order valence-corrected chi connectivity index (χ1v) is 14.2. The second-order valence-electron chi connectivity index (χ2n) is 10.2. The van der Waals surface area contributed by atoms with Crippen molar-refractivity contribution in [2.24, 2.45) is 0 Å². The molecule has 3 aromatic carbocycles. The third-order valence-corrected chi connectivity index (χ3v) is 7.63. The van der Waals surface area contributed by atoms with E-state index in [-0.39, 0.29) is 30.6 Å². The SMILES string of the molecule is O=C(Cn1c(-c2ccccc2)nc2c(c1=O)N[C@H](CCc1ccccc1)CC2)NCc1cc(Cl)ccc1-n1cnnn1. The minimum Gasteiger partial charge on any atom is -0.376 e. The van der Waals surface area contributed by atoms with Gasteiger partial charge in [-0.15, -0.1) is 5.10 Å². The lowest BCUT2D eigenvalue weighted by atomic mass is 9.97. The smallest absolute Gasteiger partial charge is 0.277 e. The molecule has 1 atom stereocenters. The molecule has 11 heteroatoms. The Morgan fingerprint density at radius 2 is 1.83 bits per heavy atom. The van der Waals surface area contributed by atoms with Gasteiger partial charge in [0.25, 0.3) is 5.56 Å². The van der Waals surface area contributed by atoms with Gasteiger partial charge in [-0.05, 0) is 65.4 Å². The van der Waals surface area contributed by atoms with Crippen LogP contribution in [0.5, 0.6) is 0 Å². The second kappa shape index (κ2) is 12.4. The van der Waals surface area contributed by atoms with E-state index < -0.39 is 0 Å². The van der Waals surface area contributed by atoms with Crippen LogP contribution in [0.4, 0.5) is 5.69 Å². The molecule has 0 bridgehead atoms. The number of hydrogen-bond acceptors (Lipinski definition) is 7. The van der Waals surface area contributed by atoms with E-state index in [1.165, 1.54) is 21.1 Å². The number of halogens is 1. The number of aryl methyl sites for hydroxylation is 2. The Bertz CT molecular complexity index is 1740. The number of hydrogen-bond donors (Lipinski definition) is 2. The highest BCUT2D eigenvalue weighted by atomic mass is 35.5. The lowest BCUT2D eigenvalue weighted by Gasteiger charge is -2.27. The Kier molecular flexibility index (Phi) is 8.05. The quantitative estimate of drug-likeness (QED) is 0.268. The summed E-state index contributed by atoms with van der Waals surface area (Å²) in [5, 5.41) is 18.2. The van der Waals surface area contributed by atoms with Crippen molar-refractivity contribution in [3.63, 3.8) is 0 Å². The molecular weight excluding hydrogens is 552 g/mol. The number of nitrogens with one attached hydrogen (secondary N) is 2. The third-order valence-electron chi connectivity index (χ3n) is 7.39. The van der Waals surface area contributed by atoms with Crippen LogP contribution < -0.4 is 16.2 Å². The lowest BCUT2D eigenvalue weighted by Crippen LogP contribution is -2.38. The molecule has 0 aliphatic carbocycles. The van der Waals surface area contributed by atoms with Gasteiger partial charge >= 0.3 is 0 Å². The molecule has 0 saturated carbocycles. The number of amides is 1. The van der Waals surface area contributed by atoms with E-state index >= 15 is 0 Å². The van der Waals surface area contributed by atoms with Crippen molar-refractivity contribution < 1.29 is 4.79 Å². The highest BCUT2D eigenvalue weighted by molar-refractivity contribution is 6.30. The minimum absolute atomic E-state index is 0.143. The summed E-state index contributed by atoms with van der Waals surface area (Å²) < 4.78 is 2.96. The molecule has 10 nitrogen and oxygen atoms in total.